The van der Waals surface area contributed by atoms with Gasteiger partial charge in [-0.3, -0.25) is 0 Å². The lowest BCUT2D eigenvalue weighted by Crippen LogP contribution is -2.15. The first-order valence-corrected chi connectivity index (χ1v) is 5.76. The Morgan fingerprint density at radius 2 is 2.11 bits per heavy atom. The van der Waals surface area contributed by atoms with Gasteiger partial charge in [-0.1, -0.05) is 34.6 Å². The maximum Gasteiger partial charge on any atom is 0.240 e. The summed E-state index contributed by atoms with van der Waals surface area (Å²) < 4.78 is 4.98. The number of benzene rings is 1. The second-order valence-corrected chi connectivity index (χ2v) is 4.02. The smallest absolute Gasteiger partial charge is 0.240 e. The molecule has 2 aromatic rings. The van der Waals surface area contributed by atoms with Crippen LogP contribution in [0.4, 0.5) is 0 Å². The summed E-state index contributed by atoms with van der Waals surface area (Å²) in [5, 5.41) is 18.4. The highest BCUT2D eigenvalue weighted by molar-refractivity contribution is 5.96. The van der Waals surface area contributed by atoms with E-state index >= 15 is 0 Å². The summed E-state index contributed by atoms with van der Waals surface area (Å²) in [4.78, 5) is 4.09. The summed E-state index contributed by atoms with van der Waals surface area (Å²) in [5.74, 6) is 1.28. The lowest BCUT2D eigenvalue weighted by molar-refractivity contribution is 0.318. The molecular weight excluding hydrogens is 246 g/mol. The van der Waals surface area contributed by atoms with Gasteiger partial charge in [0.2, 0.25) is 5.89 Å². The zero-order valence-electron chi connectivity index (χ0n) is 10.5. The van der Waals surface area contributed by atoms with Crippen LogP contribution in [0.15, 0.2) is 33.9 Å². The Bertz CT molecular complexity index is 562. The Kier molecular flexibility index (Phi) is 4.09. The summed E-state index contributed by atoms with van der Waals surface area (Å²) in [6.45, 7) is 2.96. The molecule has 0 unspecified atom stereocenters. The largest absolute Gasteiger partial charge is 0.409 e. The van der Waals surface area contributed by atoms with Crippen LogP contribution >= 0.6 is 0 Å². The van der Waals surface area contributed by atoms with Gasteiger partial charge in [0.05, 0.1) is 6.54 Å². The average molecular weight is 261 g/mol. The second kappa shape index (κ2) is 5.96. The van der Waals surface area contributed by atoms with E-state index < -0.39 is 0 Å². The van der Waals surface area contributed by atoms with Gasteiger partial charge in [-0.2, -0.15) is 4.98 Å². The molecule has 0 atom stereocenters. The lowest BCUT2D eigenvalue weighted by atomic mass is 10.1. The van der Waals surface area contributed by atoms with E-state index in [0.29, 0.717) is 30.4 Å². The van der Waals surface area contributed by atoms with Crippen LogP contribution in [0.3, 0.4) is 0 Å². The number of hydrogen-bond donors (Lipinski definition) is 3. The molecule has 0 saturated carbocycles. The van der Waals surface area contributed by atoms with Crippen molar-refractivity contribution in [2.24, 2.45) is 10.9 Å². The first kappa shape index (κ1) is 13.0. The van der Waals surface area contributed by atoms with Crippen LogP contribution in [-0.2, 0) is 13.1 Å². The predicted octanol–water partition coefficient (Wildman–Crippen LogP) is 0.762. The molecule has 0 radical (unpaired) electrons. The van der Waals surface area contributed by atoms with Gasteiger partial charge in [0, 0.05) is 12.1 Å². The highest BCUT2D eigenvalue weighted by Gasteiger charge is 2.02. The van der Waals surface area contributed by atoms with Crippen LogP contribution in [0.1, 0.15) is 22.8 Å². The first-order chi connectivity index (χ1) is 9.19. The van der Waals surface area contributed by atoms with Crippen LogP contribution in [0.2, 0.25) is 0 Å². The standard InChI is InChI=1S/C12H15N5O2/c1-8-15-11(19-17-8)7-14-6-9-2-4-10(5-3-9)12(13)16-18/h2-5,14,18H,6-7H2,1H3,(H2,13,16). The number of amidine groups is 1. The minimum Gasteiger partial charge on any atom is -0.409 e. The van der Waals surface area contributed by atoms with Gasteiger partial charge in [-0.05, 0) is 12.5 Å². The molecule has 1 aromatic heterocycles. The third-order valence-electron chi connectivity index (χ3n) is 2.53. The minimum absolute atomic E-state index is 0.0980. The summed E-state index contributed by atoms with van der Waals surface area (Å²) in [7, 11) is 0. The van der Waals surface area contributed by atoms with E-state index in [0.717, 1.165) is 5.56 Å². The average Bonchev–Trinajstić information content (AvgIpc) is 2.84. The number of aryl methyl sites for hydroxylation is 1. The van der Waals surface area contributed by atoms with Gasteiger partial charge in [0.15, 0.2) is 11.7 Å². The third-order valence-corrected chi connectivity index (χ3v) is 2.53. The molecule has 0 aliphatic rings. The van der Waals surface area contributed by atoms with Crippen molar-refractivity contribution >= 4 is 5.84 Å². The van der Waals surface area contributed by atoms with E-state index in [2.05, 4.69) is 20.6 Å². The van der Waals surface area contributed by atoms with Gasteiger partial charge >= 0.3 is 0 Å². The van der Waals surface area contributed by atoms with E-state index in [1.807, 2.05) is 12.1 Å². The molecule has 1 aromatic carbocycles. The molecule has 0 amide bonds. The van der Waals surface area contributed by atoms with Crippen LogP contribution in [0.5, 0.6) is 0 Å². The maximum atomic E-state index is 8.55. The summed E-state index contributed by atoms with van der Waals surface area (Å²) in [6.07, 6.45) is 0. The van der Waals surface area contributed by atoms with Crippen LogP contribution < -0.4 is 11.1 Å². The molecule has 0 spiro atoms. The fraction of sp³-hybridized carbons (Fsp3) is 0.250. The van der Waals surface area contributed by atoms with Gasteiger partial charge in [0.1, 0.15) is 0 Å². The van der Waals surface area contributed by atoms with Crippen molar-refractivity contribution in [1.29, 1.82) is 0 Å². The molecule has 100 valence electrons. The lowest BCUT2D eigenvalue weighted by Gasteiger charge is -2.03. The molecule has 0 fully saturated rings. The van der Waals surface area contributed by atoms with Gasteiger partial charge in [-0.25, -0.2) is 0 Å². The van der Waals surface area contributed by atoms with Crippen molar-refractivity contribution in [2.45, 2.75) is 20.0 Å². The molecule has 7 nitrogen and oxygen atoms in total. The third kappa shape index (κ3) is 3.52. The van der Waals surface area contributed by atoms with Crippen molar-refractivity contribution in [2.75, 3.05) is 0 Å². The Balaban J connectivity index is 1.86. The Morgan fingerprint density at radius 3 is 2.68 bits per heavy atom. The Hall–Kier alpha value is -2.41. The maximum absolute atomic E-state index is 8.55. The monoisotopic (exact) mass is 261 g/mol. The number of rotatable bonds is 5. The van der Waals surface area contributed by atoms with E-state index in [1.165, 1.54) is 0 Å². The molecule has 0 aliphatic carbocycles. The van der Waals surface area contributed by atoms with Crippen LogP contribution in [0.25, 0.3) is 0 Å². The summed E-state index contributed by atoms with van der Waals surface area (Å²) in [6, 6.07) is 7.39. The molecule has 0 bridgehead atoms. The predicted molar refractivity (Wildman–Crippen MR) is 68.5 cm³/mol. The quantitative estimate of drug-likeness (QED) is 0.317. The van der Waals surface area contributed by atoms with Crippen molar-refractivity contribution in [3.05, 3.63) is 47.1 Å². The van der Waals surface area contributed by atoms with E-state index in [4.69, 9.17) is 15.5 Å². The Labute approximate surface area is 110 Å². The number of nitrogens with two attached hydrogens (primary N) is 1. The molecule has 7 heteroatoms. The van der Waals surface area contributed by atoms with Crippen LogP contribution in [-0.4, -0.2) is 21.2 Å². The topological polar surface area (TPSA) is 110 Å². The molecular formula is C12H15N5O2. The SMILES string of the molecule is Cc1noc(CNCc2ccc(C(N)=NO)cc2)n1. The molecule has 1 heterocycles. The van der Waals surface area contributed by atoms with Crippen LogP contribution in [0, 0.1) is 6.92 Å². The van der Waals surface area contributed by atoms with Crippen molar-refractivity contribution in [3.63, 3.8) is 0 Å². The number of nitrogens with one attached hydrogen (secondary N) is 1. The zero-order chi connectivity index (χ0) is 13.7. The highest BCUT2D eigenvalue weighted by atomic mass is 16.5. The zero-order valence-corrected chi connectivity index (χ0v) is 10.5. The molecule has 2 rings (SSSR count). The number of hydrogen-bond acceptors (Lipinski definition) is 6. The summed E-state index contributed by atoms with van der Waals surface area (Å²) >= 11 is 0. The highest BCUT2D eigenvalue weighted by Crippen LogP contribution is 2.04. The molecule has 4 N–H and O–H groups in total. The fourth-order valence-corrected chi connectivity index (χ4v) is 1.58. The van der Waals surface area contributed by atoms with Gasteiger partial charge < -0.3 is 20.8 Å². The van der Waals surface area contributed by atoms with Crippen molar-refractivity contribution < 1.29 is 9.73 Å². The summed E-state index contributed by atoms with van der Waals surface area (Å²) in [5.41, 5.74) is 7.23. The molecule has 0 saturated heterocycles. The van der Waals surface area contributed by atoms with E-state index in [9.17, 15) is 0 Å². The van der Waals surface area contributed by atoms with Gasteiger partial charge in [-0.15, -0.1) is 0 Å². The van der Waals surface area contributed by atoms with Crippen molar-refractivity contribution in [3.8, 4) is 0 Å². The minimum atomic E-state index is 0.0980. The Morgan fingerprint density at radius 1 is 1.37 bits per heavy atom. The second-order valence-electron chi connectivity index (χ2n) is 4.02. The number of aromatic nitrogens is 2. The number of oxime groups is 1. The van der Waals surface area contributed by atoms with Gasteiger partial charge in [0.25, 0.3) is 0 Å². The fourth-order valence-electron chi connectivity index (χ4n) is 1.58. The van der Waals surface area contributed by atoms with Crippen molar-refractivity contribution in [1.82, 2.24) is 15.5 Å². The molecule has 0 aliphatic heterocycles. The molecule has 19 heavy (non-hydrogen) atoms. The van der Waals surface area contributed by atoms with E-state index in [-0.39, 0.29) is 5.84 Å². The first-order valence-electron chi connectivity index (χ1n) is 5.76. The van der Waals surface area contributed by atoms with E-state index in [1.54, 1.807) is 19.1 Å². The number of nitrogens with zero attached hydrogens (tertiary/aromatic N) is 3. The normalized spacial score (nSPS) is 11.7.